The van der Waals surface area contributed by atoms with Gasteiger partial charge in [0.05, 0.1) is 0 Å². The Bertz CT molecular complexity index is 940. The summed E-state index contributed by atoms with van der Waals surface area (Å²) < 4.78 is 3.38. The molecule has 8 atom stereocenters. The maximum Gasteiger partial charge on any atom is 0.0412 e. The molecule has 8 unspecified atom stereocenters. The van der Waals surface area contributed by atoms with Gasteiger partial charge < -0.3 is 0 Å². The highest BCUT2D eigenvalue weighted by atomic mass is 32.2. The Morgan fingerprint density at radius 2 is 0.929 bits per heavy atom. The van der Waals surface area contributed by atoms with Gasteiger partial charge in [-0.2, -0.15) is 0 Å². The molecule has 4 aliphatic carbocycles. The number of nitrogens with zero attached hydrogens (tertiary/aromatic N) is 1. The highest BCUT2D eigenvalue weighted by Gasteiger charge is 2.87. The van der Waals surface area contributed by atoms with Crippen LogP contribution in [0.1, 0.15) is 190 Å². The lowest BCUT2D eigenvalue weighted by Crippen LogP contribution is -2.77. The van der Waals surface area contributed by atoms with E-state index in [1.54, 1.807) is 0 Å². The molecule has 0 aromatic rings. The minimum atomic E-state index is 0.201. The lowest BCUT2D eigenvalue weighted by molar-refractivity contribution is -0.199. The monoisotopic (exact) mass is 598 g/mol. The summed E-state index contributed by atoms with van der Waals surface area (Å²) in [6, 6.07) is 0. The molecular formula is C40H71NS. The van der Waals surface area contributed by atoms with Gasteiger partial charge in [-0.3, -0.25) is 0 Å². The van der Waals surface area contributed by atoms with Crippen LogP contribution in [0.3, 0.4) is 0 Å². The first-order chi connectivity index (χ1) is 19.9. The van der Waals surface area contributed by atoms with E-state index in [4.69, 9.17) is 0 Å². The number of rotatable bonds is 2. The van der Waals surface area contributed by atoms with E-state index in [1.165, 1.54) is 135 Å². The Balaban J connectivity index is 1.59. The van der Waals surface area contributed by atoms with E-state index in [9.17, 15) is 0 Å². The SMILES string of the molecule is CC12C3CCCCCCCC3C(C)(C)C(C)(N1SC1CCCCCCCC1)C1(C(C)(C)C)CC1(C)C1CCCCCC12. The second-order valence-electron chi connectivity index (χ2n) is 18.9. The van der Waals surface area contributed by atoms with Crippen LogP contribution in [0.2, 0.25) is 0 Å². The van der Waals surface area contributed by atoms with Gasteiger partial charge in [-0.15, -0.1) is 0 Å². The van der Waals surface area contributed by atoms with Gasteiger partial charge in [0.1, 0.15) is 0 Å². The molecule has 4 saturated carbocycles. The van der Waals surface area contributed by atoms with Crippen LogP contribution in [-0.2, 0) is 0 Å². The number of fused-ring (bicyclic) bond motifs is 9. The minimum Gasteiger partial charge on any atom is -0.237 e. The van der Waals surface area contributed by atoms with Gasteiger partial charge in [0.2, 0.25) is 0 Å². The van der Waals surface area contributed by atoms with Gasteiger partial charge in [0.15, 0.2) is 0 Å². The molecule has 0 aromatic carbocycles. The van der Waals surface area contributed by atoms with Crippen molar-refractivity contribution in [2.45, 2.75) is 207 Å². The van der Waals surface area contributed by atoms with E-state index in [0.717, 1.165) is 28.9 Å². The smallest absolute Gasteiger partial charge is 0.0412 e. The molecule has 6 fully saturated rings. The summed E-state index contributed by atoms with van der Waals surface area (Å²) in [6.45, 7) is 22.4. The average molecular weight is 598 g/mol. The standard InChI is InChI=1S/C40H71NS/c1-35(2,3)40-29-37(40,6)32-26-21-16-22-28-34(32)38(7)33-27-20-15-11-14-19-25-31(33)36(4,5)39(40,8)41(38)42-30-23-17-12-9-10-13-18-24-30/h30-34H,9-29H2,1-8H3. The minimum absolute atomic E-state index is 0.201. The van der Waals surface area contributed by atoms with Crippen LogP contribution >= 0.6 is 11.9 Å². The molecule has 6 rings (SSSR count). The zero-order valence-electron chi connectivity index (χ0n) is 29.6. The fourth-order valence-electron chi connectivity index (χ4n) is 14.0. The van der Waals surface area contributed by atoms with Gasteiger partial charge in [-0.1, -0.05) is 143 Å². The van der Waals surface area contributed by atoms with Crippen LogP contribution in [0.15, 0.2) is 0 Å². The molecule has 2 heteroatoms. The van der Waals surface area contributed by atoms with Crippen LogP contribution < -0.4 is 0 Å². The fourth-order valence-corrected chi connectivity index (χ4v) is 15.9. The van der Waals surface area contributed by atoms with E-state index in [2.05, 4.69) is 71.6 Å². The number of hydrogen-bond acceptors (Lipinski definition) is 2. The molecule has 0 N–H and O–H groups in total. The van der Waals surface area contributed by atoms with Crippen molar-refractivity contribution in [3.05, 3.63) is 0 Å². The van der Waals surface area contributed by atoms with Crippen molar-refractivity contribution in [3.63, 3.8) is 0 Å². The summed E-state index contributed by atoms with van der Waals surface area (Å²) in [4.78, 5) is 0. The van der Waals surface area contributed by atoms with Crippen molar-refractivity contribution >= 4 is 11.9 Å². The van der Waals surface area contributed by atoms with Gasteiger partial charge in [0.25, 0.3) is 0 Å². The number of piperidine rings is 1. The highest BCUT2D eigenvalue weighted by Crippen LogP contribution is 2.88. The van der Waals surface area contributed by atoms with Gasteiger partial charge in [0, 0.05) is 21.7 Å². The third-order valence-electron chi connectivity index (χ3n) is 16.0. The summed E-state index contributed by atoms with van der Waals surface area (Å²) in [5, 5.41) is 0.815. The average Bonchev–Trinajstić information content (AvgIpc) is 3.59. The molecule has 0 spiro atoms. The molecule has 2 aliphatic heterocycles. The summed E-state index contributed by atoms with van der Waals surface area (Å²) in [6.07, 6.45) is 31.0. The van der Waals surface area contributed by atoms with E-state index in [-0.39, 0.29) is 5.54 Å². The zero-order valence-corrected chi connectivity index (χ0v) is 30.4. The Morgan fingerprint density at radius 1 is 0.524 bits per heavy atom. The number of hydrogen-bond donors (Lipinski definition) is 0. The van der Waals surface area contributed by atoms with Crippen LogP contribution in [0.5, 0.6) is 0 Å². The lowest BCUT2D eigenvalue weighted by atomic mass is 9.45. The maximum absolute atomic E-state index is 3.38. The fraction of sp³-hybridized carbons (Fsp3) is 1.00. The second-order valence-corrected chi connectivity index (χ2v) is 20.1. The normalized spacial score (nSPS) is 47.4. The Morgan fingerprint density at radius 3 is 1.45 bits per heavy atom. The van der Waals surface area contributed by atoms with Crippen LogP contribution in [0, 0.1) is 45.3 Å². The molecule has 6 aliphatic rings. The second kappa shape index (κ2) is 11.5. The van der Waals surface area contributed by atoms with E-state index in [0.29, 0.717) is 27.2 Å². The first-order valence-electron chi connectivity index (χ1n) is 19.3. The molecule has 0 amide bonds. The molecule has 2 saturated heterocycles. The Hall–Kier alpha value is 0.310. The summed E-state index contributed by atoms with van der Waals surface area (Å²) in [7, 11) is 0. The quantitative estimate of drug-likeness (QED) is 0.291. The van der Waals surface area contributed by atoms with Crippen molar-refractivity contribution in [1.29, 1.82) is 0 Å². The first kappa shape index (κ1) is 32.3. The van der Waals surface area contributed by atoms with Crippen molar-refractivity contribution in [3.8, 4) is 0 Å². The summed E-state index contributed by atoms with van der Waals surface area (Å²) in [5.74, 6) is 3.47. The molecular weight excluding hydrogens is 527 g/mol. The molecule has 2 heterocycles. The van der Waals surface area contributed by atoms with Crippen LogP contribution in [0.25, 0.3) is 0 Å². The molecule has 0 aromatic heterocycles. The predicted molar refractivity (Wildman–Crippen MR) is 185 cm³/mol. The third kappa shape index (κ3) is 4.53. The van der Waals surface area contributed by atoms with Gasteiger partial charge >= 0.3 is 0 Å². The van der Waals surface area contributed by atoms with E-state index >= 15 is 0 Å². The van der Waals surface area contributed by atoms with Crippen molar-refractivity contribution in [1.82, 2.24) is 4.31 Å². The highest BCUT2D eigenvalue weighted by molar-refractivity contribution is 7.97. The molecule has 2 bridgehead atoms. The van der Waals surface area contributed by atoms with E-state index in [1.807, 2.05) is 0 Å². The summed E-state index contributed by atoms with van der Waals surface area (Å²) in [5.41, 5.74) is 1.96. The van der Waals surface area contributed by atoms with Crippen LogP contribution in [0.4, 0.5) is 0 Å². The molecule has 42 heavy (non-hydrogen) atoms. The third-order valence-corrected chi connectivity index (χ3v) is 17.8. The molecule has 1 nitrogen and oxygen atoms in total. The largest absolute Gasteiger partial charge is 0.237 e. The molecule has 0 radical (unpaired) electrons. The Kier molecular flexibility index (Phi) is 8.85. The van der Waals surface area contributed by atoms with Crippen LogP contribution in [-0.4, -0.2) is 20.6 Å². The van der Waals surface area contributed by atoms with Gasteiger partial charge in [-0.25, -0.2) is 4.31 Å². The van der Waals surface area contributed by atoms with E-state index < -0.39 is 0 Å². The molecule has 242 valence electrons. The Labute approximate surface area is 267 Å². The van der Waals surface area contributed by atoms with Gasteiger partial charge in [-0.05, 0) is 98.7 Å². The summed E-state index contributed by atoms with van der Waals surface area (Å²) >= 11 is 2.49. The zero-order chi connectivity index (χ0) is 30.0. The maximum atomic E-state index is 3.38. The lowest BCUT2D eigenvalue weighted by Gasteiger charge is -2.73. The van der Waals surface area contributed by atoms with Crippen molar-refractivity contribution in [2.75, 3.05) is 0 Å². The predicted octanol–water partition coefficient (Wildman–Crippen LogP) is 12.6. The van der Waals surface area contributed by atoms with Crippen molar-refractivity contribution in [2.24, 2.45) is 45.3 Å². The first-order valence-corrected chi connectivity index (χ1v) is 20.2. The van der Waals surface area contributed by atoms with Crippen molar-refractivity contribution < 1.29 is 0 Å². The topological polar surface area (TPSA) is 3.24 Å².